The Morgan fingerprint density at radius 2 is 2.26 bits per heavy atom. The van der Waals surface area contributed by atoms with Crippen molar-refractivity contribution in [1.29, 1.82) is 0 Å². The Kier molecular flexibility index (Phi) is 4.27. The number of carbonyl (C=O) groups is 1. The first kappa shape index (κ1) is 13.7. The summed E-state index contributed by atoms with van der Waals surface area (Å²) in [6.07, 6.45) is 0.918. The van der Waals surface area contributed by atoms with Crippen LogP contribution in [0.2, 0.25) is 0 Å². The average Bonchev–Trinajstić information content (AvgIpc) is 2.77. The fraction of sp³-hybridized carbons (Fsp3) is 0.500. The Hall–Kier alpha value is -1.75. The molecule has 1 amide bonds. The van der Waals surface area contributed by atoms with E-state index < -0.39 is 0 Å². The molecule has 0 bridgehead atoms. The van der Waals surface area contributed by atoms with E-state index in [1.54, 1.807) is 20.3 Å². The van der Waals surface area contributed by atoms with Gasteiger partial charge in [0.05, 0.1) is 13.7 Å². The van der Waals surface area contributed by atoms with E-state index in [9.17, 15) is 4.79 Å². The first-order valence-corrected chi connectivity index (χ1v) is 6.30. The molecule has 2 rings (SSSR count). The lowest BCUT2D eigenvalue weighted by molar-refractivity contribution is 0.0936. The Bertz CT molecular complexity index is 473. The Morgan fingerprint density at radius 3 is 2.95 bits per heavy atom. The SMILES string of the molecule is COCCNC(=O)c1cc2c(c(OC)c1)OC(C)C2. The second kappa shape index (κ2) is 5.93. The van der Waals surface area contributed by atoms with Gasteiger partial charge in [-0.1, -0.05) is 0 Å². The molecular formula is C14H19NO4. The minimum atomic E-state index is -0.127. The molecule has 1 aromatic rings. The number of methoxy groups -OCH3 is 2. The van der Waals surface area contributed by atoms with Crippen LogP contribution in [0.3, 0.4) is 0 Å². The highest BCUT2D eigenvalue weighted by molar-refractivity contribution is 5.95. The lowest BCUT2D eigenvalue weighted by Gasteiger charge is -2.10. The summed E-state index contributed by atoms with van der Waals surface area (Å²) < 4.78 is 15.9. The molecule has 1 atom stereocenters. The zero-order valence-corrected chi connectivity index (χ0v) is 11.5. The molecule has 1 N–H and O–H groups in total. The number of benzene rings is 1. The fourth-order valence-electron chi connectivity index (χ4n) is 2.15. The second-order valence-electron chi connectivity index (χ2n) is 4.55. The first-order chi connectivity index (χ1) is 9.15. The molecule has 0 saturated heterocycles. The van der Waals surface area contributed by atoms with Gasteiger partial charge in [-0.15, -0.1) is 0 Å². The third-order valence-corrected chi connectivity index (χ3v) is 3.03. The minimum Gasteiger partial charge on any atom is -0.493 e. The number of fused-ring (bicyclic) bond motifs is 1. The van der Waals surface area contributed by atoms with Gasteiger partial charge in [0.15, 0.2) is 11.5 Å². The summed E-state index contributed by atoms with van der Waals surface area (Å²) >= 11 is 0. The molecule has 0 aliphatic carbocycles. The van der Waals surface area contributed by atoms with Crippen LogP contribution in [-0.2, 0) is 11.2 Å². The lowest BCUT2D eigenvalue weighted by Crippen LogP contribution is -2.27. The zero-order valence-electron chi connectivity index (χ0n) is 11.5. The summed E-state index contributed by atoms with van der Waals surface area (Å²) in [5.74, 6) is 1.24. The average molecular weight is 265 g/mol. The molecule has 1 aliphatic heterocycles. The molecule has 1 unspecified atom stereocenters. The second-order valence-corrected chi connectivity index (χ2v) is 4.55. The topological polar surface area (TPSA) is 56.8 Å². The molecule has 0 radical (unpaired) electrons. The molecule has 5 nitrogen and oxygen atoms in total. The summed E-state index contributed by atoms with van der Waals surface area (Å²) in [6.45, 7) is 2.98. The number of hydrogen-bond acceptors (Lipinski definition) is 4. The summed E-state index contributed by atoms with van der Waals surface area (Å²) in [4.78, 5) is 12.0. The molecule has 19 heavy (non-hydrogen) atoms. The van der Waals surface area contributed by atoms with Crippen LogP contribution in [0.25, 0.3) is 0 Å². The lowest BCUT2D eigenvalue weighted by atomic mass is 10.1. The van der Waals surface area contributed by atoms with E-state index in [4.69, 9.17) is 14.2 Å². The zero-order chi connectivity index (χ0) is 13.8. The van der Waals surface area contributed by atoms with E-state index in [0.717, 1.165) is 17.7 Å². The molecule has 0 saturated carbocycles. The highest BCUT2D eigenvalue weighted by Crippen LogP contribution is 2.38. The van der Waals surface area contributed by atoms with Gasteiger partial charge < -0.3 is 19.5 Å². The van der Waals surface area contributed by atoms with Crippen LogP contribution in [0, 0.1) is 0 Å². The van der Waals surface area contributed by atoms with Crippen LogP contribution >= 0.6 is 0 Å². The van der Waals surface area contributed by atoms with Gasteiger partial charge in [-0.05, 0) is 19.1 Å². The predicted octanol–water partition coefficient (Wildman–Crippen LogP) is 1.39. The molecular weight excluding hydrogens is 246 g/mol. The largest absolute Gasteiger partial charge is 0.493 e. The van der Waals surface area contributed by atoms with Crippen molar-refractivity contribution in [2.24, 2.45) is 0 Å². The smallest absolute Gasteiger partial charge is 0.251 e. The van der Waals surface area contributed by atoms with Crippen LogP contribution in [0.15, 0.2) is 12.1 Å². The number of ether oxygens (including phenoxy) is 3. The van der Waals surface area contributed by atoms with E-state index in [2.05, 4.69) is 5.32 Å². The fourth-order valence-corrected chi connectivity index (χ4v) is 2.15. The van der Waals surface area contributed by atoms with Gasteiger partial charge in [0.1, 0.15) is 6.10 Å². The van der Waals surface area contributed by atoms with Crippen molar-refractivity contribution in [2.45, 2.75) is 19.4 Å². The first-order valence-electron chi connectivity index (χ1n) is 6.30. The van der Waals surface area contributed by atoms with Gasteiger partial charge in [-0.2, -0.15) is 0 Å². The Morgan fingerprint density at radius 1 is 1.47 bits per heavy atom. The molecule has 104 valence electrons. The van der Waals surface area contributed by atoms with Crippen molar-refractivity contribution >= 4 is 5.91 Å². The van der Waals surface area contributed by atoms with Crippen molar-refractivity contribution < 1.29 is 19.0 Å². The number of carbonyl (C=O) groups excluding carboxylic acids is 1. The summed E-state index contributed by atoms with van der Waals surface area (Å²) in [7, 11) is 3.18. The van der Waals surface area contributed by atoms with Gasteiger partial charge in [0.25, 0.3) is 5.91 Å². The quantitative estimate of drug-likeness (QED) is 0.817. The molecule has 1 aliphatic rings. The summed E-state index contributed by atoms with van der Waals surface area (Å²) in [5, 5.41) is 2.79. The number of rotatable bonds is 5. The van der Waals surface area contributed by atoms with E-state index >= 15 is 0 Å². The Balaban J connectivity index is 2.19. The standard InChI is InChI=1S/C14H19NO4/c1-9-6-10-7-11(14(16)15-4-5-17-2)8-12(18-3)13(10)19-9/h7-9H,4-6H2,1-3H3,(H,15,16). The molecule has 0 spiro atoms. The normalized spacial score (nSPS) is 16.7. The van der Waals surface area contributed by atoms with Crippen LogP contribution in [0.5, 0.6) is 11.5 Å². The maximum atomic E-state index is 12.0. The monoisotopic (exact) mass is 265 g/mol. The molecule has 1 heterocycles. The maximum absolute atomic E-state index is 12.0. The van der Waals surface area contributed by atoms with Crippen molar-refractivity contribution in [2.75, 3.05) is 27.4 Å². The van der Waals surface area contributed by atoms with Crippen LogP contribution in [-0.4, -0.2) is 39.4 Å². The van der Waals surface area contributed by atoms with E-state index in [1.165, 1.54) is 0 Å². The third kappa shape index (κ3) is 2.98. The molecule has 1 aromatic carbocycles. The van der Waals surface area contributed by atoms with Gasteiger partial charge >= 0.3 is 0 Å². The number of hydrogen-bond donors (Lipinski definition) is 1. The number of amides is 1. The van der Waals surface area contributed by atoms with E-state index in [0.29, 0.717) is 24.5 Å². The highest BCUT2D eigenvalue weighted by atomic mass is 16.5. The molecule has 5 heteroatoms. The summed E-state index contributed by atoms with van der Waals surface area (Å²) in [5.41, 5.74) is 1.60. The van der Waals surface area contributed by atoms with Crippen LogP contribution < -0.4 is 14.8 Å². The number of nitrogens with one attached hydrogen (secondary N) is 1. The Labute approximate surface area is 112 Å². The van der Waals surface area contributed by atoms with Crippen molar-refractivity contribution in [3.63, 3.8) is 0 Å². The molecule has 0 aromatic heterocycles. The highest BCUT2D eigenvalue weighted by Gasteiger charge is 2.25. The van der Waals surface area contributed by atoms with Gasteiger partial charge in [-0.3, -0.25) is 4.79 Å². The van der Waals surface area contributed by atoms with Crippen LogP contribution in [0.1, 0.15) is 22.8 Å². The molecule has 0 fully saturated rings. The van der Waals surface area contributed by atoms with Crippen LogP contribution in [0.4, 0.5) is 0 Å². The van der Waals surface area contributed by atoms with Crippen molar-refractivity contribution in [1.82, 2.24) is 5.32 Å². The minimum absolute atomic E-state index is 0.121. The summed E-state index contributed by atoms with van der Waals surface area (Å²) in [6, 6.07) is 3.57. The van der Waals surface area contributed by atoms with E-state index in [1.807, 2.05) is 13.0 Å². The van der Waals surface area contributed by atoms with Crippen molar-refractivity contribution in [3.05, 3.63) is 23.3 Å². The van der Waals surface area contributed by atoms with E-state index in [-0.39, 0.29) is 12.0 Å². The van der Waals surface area contributed by atoms with Gasteiger partial charge in [-0.25, -0.2) is 0 Å². The van der Waals surface area contributed by atoms with Crippen molar-refractivity contribution in [3.8, 4) is 11.5 Å². The predicted molar refractivity (Wildman–Crippen MR) is 71.0 cm³/mol. The van der Waals surface area contributed by atoms with Gasteiger partial charge in [0.2, 0.25) is 0 Å². The maximum Gasteiger partial charge on any atom is 0.251 e. The van der Waals surface area contributed by atoms with Gasteiger partial charge in [0, 0.05) is 31.2 Å². The third-order valence-electron chi connectivity index (χ3n) is 3.03.